The second-order valence-electron chi connectivity index (χ2n) is 15.6. The molecule has 1 unspecified atom stereocenters. The fraction of sp³-hybridized carbons (Fsp3) is 0.367. The van der Waals surface area contributed by atoms with Gasteiger partial charge in [-0.2, -0.15) is 0 Å². The van der Waals surface area contributed by atoms with Gasteiger partial charge in [-0.3, -0.25) is 4.79 Å². The van der Waals surface area contributed by atoms with Gasteiger partial charge in [-0.05, 0) is 22.3 Å². The molecule has 3 fully saturated rings. The van der Waals surface area contributed by atoms with E-state index in [0.29, 0.717) is 0 Å². The molecule has 3 saturated heterocycles. The Morgan fingerprint density at radius 2 is 1.09 bits per heavy atom. The van der Waals surface area contributed by atoms with Gasteiger partial charge in [-0.1, -0.05) is 186 Å². The topological polar surface area (TPSA) is 112 Å². The van der Waals surface area contributed by atoms with Gasteiger partial charge in [0.15, 0.2) is 12.6 Å². The van der Waals surface area contributed by atoms with E-state index >= 15 is 4.39 Å². The summed E-state index contributed by atoms with van der Waals surface area (Å²) in [5.74, 6) is -1.08. The van der Waals surface area contributed by atoms with Gasteiger partial charge < -0.3 is 47.9 Å². The minimum absolute atomic E-state index is 0.00859. The second kappa shape index (κ2) is 22.5. The third-order valence-corrected chi connectivity index (χ3v) is 11.6. The number of hydrogen-bond donors (Lipinski definition) is 1. The molecule has 5 aromatic carbocycles. The van der Waals surface area contributed by atoms with Crippen LogP contribution in [0.5, 0.6) is 0 Å². The maximum absolute atomic E-state index is 16.6. The molecule has 8 rings (SSSR count). The first-order valence-corrected chi connectivity index (χ1v) is 22.2. The summed E-state index contributed by atoms with van der Waals surface area (Å²) in [5.41, 5.74) is 4.28. The first kappa shape index (κ1) is 46.5. The summed E-state index contributed by atoms with van der Waals surface area (Å²) >= 11 is 18.1. The summed E-state index contributed by atoms with van der Waals surface area (Å²) < 4.78 is 73.4. The standard InChI is InChI=1S/C49H49Cl3FNO10/c50-49(51,52)48(55)54-39-42(57-27-33-18-8-2-9-19-33)40(37(61-45(39)53)30-56-26-32-16-6-1-7-17-32)64-47-44(59-29-35-22-12-4-13-23-35)43(58-28-34-20-10-3-11-21-34)41-38(62-47)31-60-46(63-41)36-24-14-5-15-25-36/h1-25,37-47H,26-31H2,(H,54,55)/t37-,38-,39-,40-,41+,42-,43+,44-,45-,46?,47+/m1/s1. The molecule has 5 aromatic rings. The number of carbonyl (C=O) groups excluding carboxylic acids is 1. The summed E-state index contributed by atoms with van der Waals surface area (Å²) in [6.07, 6.45) is -10.9. The molecule has 3 aliphatic rings. The zero-order chi connectivity index (χ0) is 44.3. The second-order valence-corrected chi connectivity index (χ2v) is 17.9. The quantitative estimate of drug-likeness (QED) is 0.0910. The number of halogens is 4. The average molecular weight is 937 g/mol. The summed E-state index contributed by atoms with van der Waals surface area (Å²) in [6, 6.07) is 46.3. The van der Waals surface area contributed by atoms with Gasteiger partial charge in [0.05, 0.1) is 39.6 Å². The molecular formula is C49H49Cl3FNO10. The normalized spacial score (nSPS) is 28.2. The first-order valence-electron chi connectivity index (χ1n) is 21.1. The van der Waals surface area contributed by atoms with Crippen molar-refractivity contribution >= 4 is 40.7 Å². The molecule has 0 aromatic heterocycles. The molecular weight excluding hydrogens is 888 g/mol. The Labute approximate surface area is 386 Å². The van der Waals surface area contributed by atoms with Crippen LogP contribution in [0.15, 0.2) is 152 Å². The molecule has 0 saturated carbocycles. The molecule has 11 nitrogen and oxygen atoms in total. The summed E-state index contributed by atoms with van der Waals surface area (Å²) in [7, 11) is 0. The lowest BCUT2D eigenvalue weighted by molar-refractivity contribution is -0.389. The van der Waals surface area contributed by atoms with Crippen LogP contribution >= 0.6 is 34.8 Å². The average Bonchev–Trinajstić information content (AvgIpc) is 3.32. The number of carbonyl (C=O) groups is 1. The number of hydrogen-bond acceptors (Lipinski definition) is 10. The van der Waals surface area contributed by atoms with Crippen LogP contribution in [0.2, 0.25) is 0 Å². The van der Waals surface area contributed by atoms with Crippen molar-refractivity contribution in [1.82, 2.24) is 5.32 Å². The number of nitrogens with one attached hydrogen (secondary N) is 1. The predicted octanol–water partition coefficient (Wildman–Crippen LogP) is 8.73. The minimum atomic E-state index is -2.44. The van der Waals surface area contributed by atoms with Crippen molar-refractivity contribution in [1.29, 1.82) is 0 Å². The molecule has 0 bridgehead atoms. The SMILES string of the molecule is O=C(N[C@@H]1[C@@H](OCc2ccccc2)[C@H](O[C@@H]2O[C@@H]3COC(c4ccccc4)O[C@@H]3[C@H](OCc3ccccc3)[C@H]2OCc2ccccc2)[C@@H](COCc2ccccc2)O[C@H]1F)C(Cl)(Cl)Cl. The Kier molecular flexibility index (Phi) is 16.3. The molecule has 0 aliphatic carbocycles. The van der Waals surface area contributed by atoms with Crippen molar-refractivity contribution in [2.24, 2.45) is 0 Å². The lowest BCUT2D eigenvalue weighted by atomic mass is 9.94. The van der Waals surface area contributed by atoms with E-state index in [0.717, 1.165) is 27.8 Å². The Morgan fingerprint density at radius 1 is 0.609 bits per heavy atom. The highest BCUT2D eigenvalue weighted by molar-refractivity contribution is 6.76. The van der Waals surface area contributed by atoms with Crippen molar-refractivity contribution in [3.8, 4) is 0 Å². The van der Waals surface area contributed by atoms with Crippen LogP contribution in [0.4, 0.5) is 4.39 Å². The van der Waals surface area contributed by atoms with Gasteiger partial charge in [0.25, 0.3) is 9.70 Å². The third kappa shape index (κ3) is 12.3. The molecule has 0 radical (unpaired) electrons. The van der Waals surface area contributed by atoms with Crippen LogP contribution in [-0.2, 0) is 73.9 Å². The fourth-order valence-electron chi connectivity index (χ4n) is 7.90. The van der Waals surface area contributed by atoms with E-state index in [4.69, 9.17) is 77.4 Å². The predicted molar refractivity (Wildman–Crippen MR) is 237 cm³/mol. The van der Waals surface area contributed by atoms with Crippen molar-refractivity contribution in [3.63, 3.8) is 0 Å². The first-order chi connectivity index (χ1) is 31.2. The summed E-state index contributed by atoms with van der Waals surface area (Å²) in [6.45, 7) is 0.477. The smallest absolute Gasteiger partial charge is 0.272 e. The Balaban J connectivity index is 1.16. The summed E-state index contributed by atoms with van der Waals surface area (Å²) in [5, 5.41) is 2.52. The van der Waals surface area contributed by atoms with Gasteiger partial charge in [0.1, 0.15) is 48.8 Å². The van der Waals surface area contributed by atoms with E-state index in [-0.39, 0.29) is 39.6 Å². The number of rotatable bonds is 17. The van der Waals surface area contributed by atoms with Crippen LogP contribution in [0.1, 0.15) is 34.1 Å². The van der Waals surface area contributed by atoms with E-state index in [1.165, 1.54) is 0 Å². The molecule has 1 amide bonds. The van der Waals surface area contributed by atoms with E-state index in [1.54, 1.807) is 0 Å². The number of benzene rings is 5. The highest BCUT2D eigenvalue weighted by atomic mass is 35.6. The van der Waals surface area contributed by atoms with Crippen LogP contribution < -0.4 is 5.32 Å². The van der Waals surface area contributed by atoms with E-state index < -0.39 is 77.4 Å². The van der Waals surface area contributed by atoms with Gasteiger partial charge in [-0.15, -0.1) is 0 Å². The zero-order valence-electron chi connectivity index (χ0n) is 34.6. The lowest BCUT2D eigenvalue weighted by Crippen LogP contribution is -2.68. The molecule has 15 heteroatoms. The maximum atomic E-state index is 16.6. The van der Waals surface area contributed by atoms with E-state index in [2.05, 4.69) is 5.32 Å². The van der Waals surface area contributed by atoms with Crippen molar-refractivity contribution in [2.75, 3.05) is 13.2 Å². The van der Waals surface area contributed by atoms with Gasteiger partial charge >= 0.3 is 0 Å². The van der Waals surface area contributed by atoms with Crippen LogP contribution in [0.25, 0.3) is 0 Å². The molecule has 338 valence electrons. The van der Waals surface area contributed by atoms with E-state index in [1.807, 2.05) is 152 Å². The van der Waals surface area contributed by atoms with Crippen molar-refractivity contribution in [3.05, 3.63) is 179 Å². The molecule has 3 aliphatic heterocycles. The number of fused-ring (bicyclic) bond motifs is 1. The number of ether oxygens (including phenoxy) is 9. The maximum Gasteiger partial charge on any atom is 0.272 e. The highest BCUT2D eigenvalue weighted by Gasteiger charge is 2.56. The van der Waals surface area contributed by atoms with Crippen LogP contribution in [0.3, 0.4) is 0 Å². The van der Waals surface area contributed by atoms with Gasteiger partial charge in [-0.25, -0.2) is 4.39 Å². The van der Waals surface area contributed by atoms with Crippen molar-refractivity contribution < 1.29 is 51.8 Å². The molecule has 1 N–H and O–H groups in total. The molecule has 64 heavy (non-hydrogen) atoms. The molecule has 3 heterocycles. The van der Waals surface area contributed by atoms with Crippen LogP contribution in [-0.4, -0.2) is 84.3 Å². The van der Waals surface area contributed by atoms with Crippen molar-refractivity contribution in [2.45, 2.75) is 97.9 Å². The highest BCUT2D eigenvalue weighted by Crippen LogP contribution is 2.40. The van der Waals surface area contributed by atoms with E-state index in [9.17, 15) is 4.79 Å². The molecule has 0 spiro atoms. The largest absolute Gasteiger partial charge is 0.374 e. The lowest BCUT2D eigenvalue weighted by Gasteiger charge is -2.51. The zero-order valence-corrected chi connectivity index (χ0v) is 36.9. The third-order valence-electron chi connectivity index (χ3n) is 11.1. The Hall–Kier alpha value is -3.99. The van der Waals surface area contributed by atoms with Gasteiger partial charge in [0.2, 0.25) is 6.36 Å². The number of alkyl halides is 4. The van der Waals surface area contributed by atoms with Gasteiger partial charge in [0, 0.05) is 5.56 Å². The number of amides is 1. The Bertz CT molecular complexity index is 2170. The minimum Gasteiger partial charge on any atom is -0.374 e. The monoisotopic (exact) mass is 935 g/mol. The summed E-state index contributed by atoms with van der Waals surface area (Å²) in [4.78, 5) is 13.3. The fourth-order valence-corrected chi connectivity index (χ4v) is 8.06. The Morgan fingerprint density at radius 3 is 1.62 bits per heavy atom. The molecule has 11 atom stereocenters. The van der Waals surface area contributed by atoms with Crippen LogP contribution in [0, 0.1) is 0 Å².